The first kappa shape index (κ1) is 24.6. The minimum Gasteiger partial charge on any atom is -0.508 e. The van der Waals surface area contributed by atoms with Gasteiger partial charge in [-0.2, -0.15) is 0 Å². The number of nitrogens with zero attached hydrogens (tertiary/aromatic N) is 2. The maximum absolute atomic E-state index is 13.8. The van der Waals surface area contributed by atoms with Crippen molar-refractivity contribution in [1.82, 2.24) is 4.90 Å². The highest BCUT2D eigenvalue weighted by Gasteiger charge is 2.76. The van der Waals surface area contributed by atoms with E-state index in [2.05, 4.69) is 15.9 Å². The van der Waals surface area contributed by atoms with Gasteiger partial charge in [-0.05, 0) is 48.6 Å². The number of halogens is 3. The molecule has 1 saturated carbocycles. The second-order valence-electron chi connectivity index (χ2n) is 9.93. The SMILES string of the molecule is O=C1C2CC=C3C(CC4(Cl)C(=O)N(CBr)C(=O)C4(Cl)C3c3ccc(O)cc3)C2C(=O)N1c1ccccc1. The molecule has 6 unspecified atom stereocenters. The van der Waals surface area contributed by atoms with Crippen molar-refractivity contribution in [3.05, 3.63) is 71.8 Å². The highest BCUT2D eigenvalue weighted by atomic mass is 79.9. The summed E-state index contributed by atoms with van der Waals surface area (Å²) in [4.78, 5) is 53.1. The number of carbonyl (C=O) groups is 4. The summed E-state index contributed by atoms with van der Waals surface area (Å²) >= 11 is 17.5. The molecular weight excluding hydrogens is 583 g/mol. The fourth-order valence-electron chi connectivity index (χ4n) is 6.63. The van der Waals surface area contributed by atoms with Crippen LogP contribution in [0.25, 0.3) is 0 Å². The summed E-state index contributed by atoms with van der Waals surface area (Å²) in [5.74, 6) is -4.65. The first-order valence-corrected chi connectivity index (χ1v) is 13.7. The minimum absolute atomic E-state index is 0.0283. The Hall–Kier alpha value is -2.68. The standard InChI is InChI=1S/C27H21BrCl2N2O5/c28-13-31-24(36)26(29)12-19-17(21(27(26,30)25(31)37)14-6-8-16(33)9-7-14)10-11-18-20(19)23(35)32(22(18)34)15-4-2-1-3-5-15/h1-10,18-21,33H,11-13H2. The van der Waals surface area contributed by atoms with E-state index in [0.29, 0.717) is 23.2 Å². The number of fused-ring (bicyclic) bond motifs is 4. The number of benzene rings is 2. The fraction of sp³-hybridized carbons (Fsp3) is 0.333. The van der Waals surface area contributed by atoms with Gasteiger partial charge in [-0.1, -0.05) is 57.9 Å². The predicted octanol–water partition coefficient (Wildman–Crippen LogP) is 4.31. The molecule has 190 valence electrons. The third kappa shape index (κ3) is 3.12. The zero-order chi connectivity index (χ0) is 26.3. The Bertz CT molecular complexity index is 1380. The summed E-state index contributed by atoms with van der Waals surface area (Å²) in [7, 11) is 0. The van der Waals surface area contributed by atoms with Gasteiger partial charge in [0.05, 0.1) is 23.0 Å². The van der Waals surface area contributed by atoms with Crippen molar-refractivity contribution in [3.8, 4) is 5.75 Å². The number of carbonyl (C=O) groups excluding carboxylic acids is 4. The number of hydrogen-bond acceptors (Lipinski definition) is 5. The third-order valence-corrected chi connectivity index (χ3v) is 10.2. The fourth-order valence-corrected chi connectivity index (χ4v) is 8.05. The number of amides is 4. The van der Waals surface area contributed by atoms with Gasteiger partial charge in [-0.15, -0.1) is 23.2 Å². The number of phenolic OH excluding ortho intramolecular Hbond substituents is 1. The Labute approximate surface area is 231 Å². The Morgan fingerprint density at radius 1 is 0.919 bits per heavy atom. The molecule has 0 aromatic heterocycles. The number of phenols is 1. The number of imide groups is 2. The molecule has 2 aromatic carbocycles. The molecule has 7 nitrogen and oxygen atoms in total. The highest BCUT2D eigenvalue weighted by Crippen LogP contribution is 2.65. The van der Waals surface area contributed by atoms with Gasteiger partial charge >= 0.3 is 0 Å². The second kappa shape index (κ2) is 8.41. The van der Waals surface area contributed by atoms with Crippen LogP contribution in [0.4, 0.5) is 5.69 Å². The molecule has 1 N–H and O–H groups in total. The van der Waals surface area contributed by atoms with E-state index in [0.717, 1.165) is 4.90 Å². The zero-order valence-electron chi connectivity index (χ0n) is 19.3. The Balaban J connectivity index is 1.52. The molecule has 6 atom stereocenters. The van der Waals surface area contributed by atoms with Crippen LogP contribution in [-0.4, -0.2) is 48.8 Å². The van der Waals surface area contributed by atoms with E-state index in [9.17, 15) is 24.3 Å². The van der Waals surface area contributed by atoms with Crippen molar-refractivity contribution in [2.24, 2.45) is 17.8 Å². The van der Waals surface area contributed by atoms with Gasteiger partial charge in [0, 0.05) is 5.92 Å². The normalized spacial score (nSPS) is 34.8. The molecule has 0 bridgehead atoms. The number of likely N-dealkylation sites (tertiary alicyclic amines) is 1. The van der Waals surface area contributed by atoms with Crippen LogP contribution < -0.4 is 4.90 Å². The third-order valence-electron chi connectivity index (χ3n) is 8.26. The number of aromatic hydroxyl groups is 1. The molecule has 4 aliphatic rings. The van der Waals surface area contributed by atoms with Crippen LogP contribution in [0.15, 0.2) is 66.2 Å². The number of hydrogen-bond donors (Lipinski definition) is 1. The molecule has 0 spiro atoms. The summed E-state index contributed by atoms with van der Waals surface area (Å²) in [5, 5.41) is 9.89. The quantitative estimate of drug-likeness (QED) is 0.244. The highest BCUT2D eigenvalue weighted by molar-refractivity contribution is 9.09. The van der Waals surface area contributed by atoms with Crippen molar-refractivity contribution in [2.45, 2.75) is 28.5 Å². The van der Waals surface area contributed by atoms with E-state index in [-0.39, 0.29) is 29.4 Å². The average Bonchev–Trinajstić information content (AvgIpc) is 3.23. The summed E-state index contributed by atoms with van der Waals surface area (Å²) in [5.41, 5.74) is 1.71. The van der Waals surface area contributed by atoms with E-state index in [1.165, 1.54) is 17.0 Å². The van der Waals surface area contributed by atoms with Crippen molar-refractivity contribution in [1.29, 1.82) is 0 Å². The van der Waals surface area contributed by atoms with Crippen LogP contribution in [-0.2, 0) is 19.2 Å². The number of alkyl halides is 3. The minimum atomic E-state index is -1.85. The van der Waals surface area contributed by atoms with Crippen molar-refractivity contribution in [2.75, 3.05) is 10.4 Å². The van der Waals surface area contributed by atoms with Crippen LogP contribution in [0.2, 0.25) is 0 Å². The largest absolute Gasteiger partial charge is 0.508 e. The van der Waals surface area contributed by atoms with Gasteiger partial charge in [-0.3, -0.25) is 29.0 Å². The van der Waals surface area contributed by atoms with Gasteiger partial charge in [0.1, 0.15) is 5.75 Å². The van der Waals surface area contributed by atoms with Crippen LogP contribution in [0, 0.1) is 17.8 Å². The molecule has 10 heteroatoms. The lowest BCUT2D eigenvalue weighted by atomic mass is 9.56. The molecule has 0 radical (unpaired) electrons. The molecular formula is C27H21BrCl2N2O5. The second-order valence-corrected chi connectivity index (χ2v) is 11.7. The maximum Gasteiger partial charge on any atom is 0.254 e. The summed E-state index contributed by atoms with van der Waals surface area (Å²) in [6.07, 6.45) is 2.12. The lowest BCUT2D eigenvalue weighted by Crippen LogP contribution is -2.60. The van der Waals surface area contributed by atoms with E-state index in [1.807, 2.05) is 6.08 Å². The zero-order valence-corrected chi connectivity index (χ0v) is 22.4. The topological polar surface area (TPSA) is 95.0 Å². The van der Waals surface area contributed by atoms with Crippen LogP contribution in [0.1, 0.15) is 24.3 Å². The monoisotopic (exact) mass is 602 g/mol. The first-order valence-electron chi connectivity index (χ1n) is 11.9. The Morgan fingerprint density at radius 2 is 1.59 bits per heavy atom. The van der Waals surface area contributed by atoms with E-state index >= 15 is 0 Å². The summed E-state index contributed by atoms with van der Waals surface area (Å²) < 4.78 is 0. The number of allylic oxidation sites excluding steroid dienone is 2. The van der Waals surface area contributed by atoms with Crippen LogP contribution >= 0.6 is 39.1 Å². The number of anilines is 1. The smallest absolute Gasteiger partial charge is 0.254 e. The first-order chi connectivity index (χ1) is 17.6. The molecule has 4 amide bonds. The van der Waals surface area contributed by atoms with E-state index in [4.69, 9.17) is 23.2 Å². The molecule has 37 heavy (non-hydrogen) atoms. The van der Waals surface area contributed by atoms with Gasteiger partial charge in [0.2, 0.25) is 11.8 Å². The van der Waals surface area contributed by atoms with Gasteiger partial charge in [-0.25, -0.2) is 0 Å². The van der Waals surface area contributed by atoms with Gasteiger partial charge in [0.25, 0.3) is 11.8 Å². The molecule has 2 heterocycles. The average molecular weight is 604 g/mol. The lowest BCUT2D eigenvalue weighted by Gasteiger charge is -2.50. The number of rotatable bonds is 3. The lowest BCUT2D eigenvalue weighted by molar-refractivity contribution is -0.138. The Kier molecular flexibility index (Phi) is 5.60. The maximum atomic E-state index is 13.8. The number of para-hydroxylation sites is 1. The Morgan fingerprint density at radius 3 is 2.24 bits per heavy atom. The molecule has 3 fully saturated rings. The van der Waals surface area contributed by atoms with Gasteiger partial charge in [0.15, 0.2) is 9.75 Å². The predicted molar refractivity (Wildman–Crippen MR) is 140 cm³/mol. The molecule has 6 rings (SSSR count). The molecule has 2 saturated heterocycles. The summed E-state index contributed by atoms with van der Waals surface area (Å²) in [6, 6.07) is 15.0. The molecule has 2 aromatic rings. The summed E-state index contributed by atoms with van der Waals surface area (Å²) in [6.45, 7) is 0. The van der Waals surface area contributed by atoms with Gasteiger partial charge < -0.3 is 5.11 Å². The van der Waals surface area contributed by atoms with E-state index < -0.39 is 45.2 Å². The van der Waals surface area contributed by atoms with Crippen molar-refractivity contribution >= 4 is 68.4 Å². The van der Waals surface area contributed by atoms with Crippen molar-refractivity contribution in [3.63, 3.8) is 0 Å². The van der Waals surface area contributed by atoms with Crippen LogP contribution in [0.5, 0.6) is 5.75 Å². The van der Waals surface area contributed by atoms with Crippen molar-refractivity contribution < 1.29 is 24.3 Å². The van der Waals surface area contributed by atoms with E-state index in [1.54, 1.807) is 42.5 Å². The molecule has 2 aliphatic heterocycles. The van der Waals surface area contributed by atoms with Crippen LogP contribution in [0.3, 0.4) is 0 Å². The molecule has 2 aliphatic carbocycles.